The molecule has 3 unspecified atom stereocenters. The largest absolute Gasteiger partial charge is 0.477 e. The van der Waals surface area contributed by atoms with Crippen LogP contribution in [0.25, 0.3) is 0 Å². The first kappa shape index (κ1) is 18.1. The fraction of sp³-hybridized carbons (Fsp3) is 0.750. The van der Waals surface area contributed by atoms with Crippen LogP contribution < -0.4 is 0 Å². The van der Waals surface area contributed by atoms with Gasteiger partial charge in [-0.15, -0.1) is 11.8 Å². The number of carbonyl (C=O) groups is 2. The lowest BCUT2D eigenvalue weighted by molar-refractivity contribution is -0.156. The fourth-order valence-electron chi connectivity index (χ4n) is 3.46. The summed E-state index contributed by atoms with van der Waals surface area (Å²) in [6.07, 6.45) is 2.67. The van der Waals surface area contributed by atoms with Crippen LogP contribution in [0.2, 0.25) is 0 Å². The molecule has 0 aromatic heterocycles. The molecule has 2 saturated heterocycles. The minimum absolute atomic E-state index is 0.115. The van der Waals surface area contributed by atoms with Crippen molar-refractivity contribution >= 4 is 35.4 Å². The first-order valence-corrected chi connectivity index (χ1v) is 10.2. The summed E-state index contributed by atoms with van der Waals surface area (Å²) in [6, 6.07) is 0. The Morgan fingerprint density at radius 3 is 2.88 bits per heavy atom. The van der Waals surface area contributed by atoms with Gasteiger partial charge in [0.25, 0.3) is 0 Å². The maximum absolute atomic E-state index is 12.2. The van der Waals surface area contributed by atoms with Crippen molar-refractivity contribution in [1.82, 2.24) is 9.80 Å². The van der Waals surface area contributed by atoms with Crippen molar-refractivity contribution in [1.29, 1.82) is 0 Å². The molecule has 0 spiro atoms. The number of β-lactam (4-membered cyclic amide) rings is 1. The maximum Gasteiger partial charge on any atom is 0.354 e. The Morgan fingerprint density at radius 2 is 2.25 bits per heavy atom. The number of carboxylic acids is 1. The Hall–Kier alpha value is -0.700. The molecule has 1 amide bonds. The van der Waals surface area contributed by atoms with E-state index in [9.17, 15) is 19.8 Å². The van der Waals surface area contributed by atoms with Gasteiger partial charge in [-0.3, -0.25) is 9.69 Å². The monoisotopic (exact) mass is 372 g/mol. The number of fused-ring (bicyclic) bond motifs is 1. The third-order valence-electron chi connectivity index (χ3n) is 4.80. The predicted molar refractivity (Wildman–Crippen MR) is 95.4 cm³/mol. The Morgan fingerprint density at radius 1 is 1.50 bits per heavy atom. The Balaban J connectivity index is 1.67. The van der Waals surface area contributed by atoms with Gasteiger partial charge in [-0.25, -0.2) is 4.79 Å². The number of nitrogens with zero attached hydrogens (tertiary/aromatic N) is 2. The zero-order chi connectivity index (χ0) is 17.4. The molecule has 3 heterocycles. The van der Waals surface area contributed by atoms with Gasteiger partial charge in [0.05, 0.1) is 16.3 Å². The van der Waals surface area contributed by atoms with E-state index < -0.39 is 18.0 Å². The van der Waals surface area contributed by atoms with Crippen LogP contribution in [0.1, 0.15) is 33.1 Å². The molecule has 134 valence electrons. The van der Waals surface area contributed by atoms with Crippen LogP contribution in [-0.4, -0.2) is 68.3 Å². The summed E-state index contributed by atoms with van der Waals surface area (Å²) in [5, 5.41) is 19.4. The van der Waals surface area contributed by atoms with Gasteiger partial charge in [-0.2, -0.15) is 0 Å². The van der Waals surface area contributed by atoms with E-state index in [1.807, 2.05) is 0 Å². The highest BCUT2D eigenvalue weighted by Gasteiger charge is 2.58. The van der Waals surface area contributed by atoms with Gasteiger partial charge < -0.3 is 15.1 Å². The molecule has 0 radical (unpaired) electrons. The molecule has 0 aromatic rings. The SMILES string of the molecule is CCCCN1CCC(SC2=C(C(=O)O)N3C(=O)C(C(C)O)[C@H]3S2)C1. The summed E-state index contributed by atoms with van der Waals surface area (Å²) < 4.78 is 0.728. The minimum atomic E-state index is -1.05. The lowest BCUT2D eigenvalue weighted by Crippen LogP contribution is -2.60. The number of aliphatic hydroxyl groups excluding tert-OH is 1. The average Bonchev–Trinajstić information content (AvgIpc) is 3.07. The number of aliphatic carboxylic acids is 1. The zero-order valence-electron chi connectivity index (χ0n) is 14.0. The number of carbonyl (C=O) groups excluding carboxylic acids is 1. The number of aliphatic hydroxyl groups is 1. The molecular weight excluding hydrogens is 348 g/mol. The third kappa shape index (κ3) is 3.21. The van der Waals surface area contributed by atoms with Crippen LogP contribution >= 0.6 is 23.5 Å². The van der Waals surface area contributed by atoms with Gasteiger partial charge in [0, 0.05) is 11.8 Å². The van der Waals surface area contributed by atoms with Gasteiger partial charge in [-0.05, 0) is 32.9 Å². The molecule has 2 fully saturated rings. The lowest BCUT2D eigenvalue weighted by atomic mass is 9.92. The number of hydrogen-bond donors (Lipinski definition) is 2. The summed E-state index contributed by atoms with van der Waals surface area (Å²) in [5.74, 6) is -1.82. The van der Waals surface area contributed by atoms with Crippen LogP contribution in [-0.2, 0) is 9.59 Å². The molecule has 8 heteroatoms. The van der Waals surface area contributed by atoms with Gasteiger partial charge in [0.2, 0.25) is 5.91 Å². The van der Waals surface area contributed by atoms with E-state index in [1.165, 1.54) is 29.5 Å². The quantitative estimate of drug-likeness (QED) is 0.659. The summed E-state index contributed by atoms with van der Waals surface area (Å²) in [5.41, 5.74) is 0.115. The molecule has 3 aliphatic heterocycles. The number of thioether (sulfide) groups is 2. The summed E-state index contributed by atoms with van der Waals surface area (Å²) in [7, 11) is 0. The molecule has 3 rings (SSSR count). The van der Waals surface area contributed by atoms with Crippen molar-refractivity contribution in [3.05, 3.63) is 9.93 Å². The summed E-state index contributed by atoms with van der Waals surface area (Å²) in [4.78, 5) is 27.6. The molecule has 0 bridgehead atoms. The molecule has 2 N–H and O–H groups in total. The second-order valence-electron chi connectivity index (χ2n) is 6.61. The molecule has 0 saturated carbocycles. The van der Waals surface area contributed by atoms with Crippen LogP contribution in [0.5, 0.6) is 0 Å². The minimum Gasteiger partial charge on any atom is -0.477 e. The first-order chi connectivity index (χ1) is 11.4. The van der Waals surface area contributed by atoms with Gasteiger partial charge in [-0.1, -0.05) is 25.1 Å². The van der Waals surface area contributed by atoms with Crippen molar-refractivity contribution in [2.45, 2.75) is 49.8 Å². The van der Waals surface area contributed by atoms with E-state index in [4.69, 9.17) is 0 Å². The zero-order valence-corrected chi connectivity index (χ0v) is 15.6. The molecule has 24 heavy (non-hydrogen) atoms. The van der Waals surface area contributed by atoms with Crippen LogP contribution in [0.4, 0.5) is 0 Å². The van der Waals surface area contributed by atoms with Crippen LogP contribution in [0, 0.1) is 5.92 Å². The van der Waals surface area contributed by atoms with Crippen LogP contribution in [0.3, 0.4) is 0 Å². The molecule has 0 aliphatic carbocycles. The molecule has 6 nitrogen and oxygen atoms in total. The first-order valence-electron chi connectivity index (χ1n) is 8.48. The molecule has 3 aliphatic rings. The number of amides is 1. The third-order valence-corrected chi connectivity index (χ3v) is 7.66. The van der Waals surface area contributed by atoms with E-state index in [0.717, 1.165) is 30.3 Å². The molecular formula is C16H24N2O4S2. The Labute approximate surface area is 150 Å². The maximum atomic E-state index is 12.2. The molecule has 4 atom stereocenters. The number of rotatable bonds is 7. The second-order valence-corrected chi connectivity index (χ2v) is 9.30. The van der Waals surface area contributed by atoms with Gasteiger partial charge in [0.1, 0.15) is 5.37 Å². The number of carboxylic acid groups (broad SMARTS) is 1. The highest BCUT2D eigenvalue weighted by Crippen LogP contribution is 2.55. The van der Waals surface area contributed by atoms with Crippen molar-refractivity contribution in [2.75, 3.05) is 19.6 Å². The summed E-state index contributed by atoms with van der Waals surface area (Å²) in [6.45, 7) is 6.90. The van der Waals surface area contributed by atoms with Crippen molar-refractivity contribution in [3.63, 3.8) is 0 Å². The van der Waals surface area contributed by atoms with Gasteiger partial charge >= 0.3 is 5.97 Å². The summed E-state index contributed by atoms with van der Waals surface area (Å²) >= 11 is 3.03. The van der Waals surface area contributed by atoms with Gasteiger partial charge in [0.15, 0.2) is 5.70 Å². The van der Waals surface area contributed by atoms with E-state index >= 15 is 0 Å². The second kappa shape index (κ2) is 7.27. The molecule has 0 aromatic carbocycles. The van der Waals surface area contributed by atoms with E-state index in [-0.39, 0.29) is 17.0 Å². The smallest absolute Gasteiger partial charge is 0.354 e. The topological polar surface area (TPSA) is 81.1 Å². The number of hydrogen-bond acceptors (Lipinski definition) is 6. The fourth-order valence-corrected chi connectivity index (χ4v) is 6.82. The van der Waals surface area contributed by atoms with E-state index in [0.29, 0.717) is 5.25 Å². The Kier molecular flexibility index (Phi) is 5.48. The lowest BCUT2D eigenvalue weighted by Gasteiger charge is -2.43. The van der Waals surface area contributed by atoms with Crippen molar-refractivity contribution in [2.24, 2.45) is 5.92 Å². The highest BCUT2D eigenvalue weighted by atomic mass is 32.2. The average molecular weight is 373 g/mol. The standard InChI is InChI=1S/C16H24N2O4S2/c1-3-4-6-17-7-5-10(8-17)23-16-12(15(21)22)18-13(20)11(9(2)19)14(18)24-16/h9-11,14,19H,3-8H2,1-2H3,(H,21,22)/t9?,10?,11?,14-/m1/s1. The van der Waals surface area contributed by atoms with E-state index in [2.05, 4.69) is 11.8 Å². The van der Waals surface area contributed by atoms with Crippen molar-refractivity contribution < 1.29 is 19.8 Å². The van der Waals surface area contributed by atoms with Crippen LogP contribution in [0.15, 0.2) is 9.93 Å². The number of likely N-dealkylation sites (tertiary alicyclic amines) is 1. The normalized spacial score (nSPS) is 31.4. The number of unbranched alkanes of at least 4 members (excludes halogenated alkanes) is 1. The Bertz CT molecular complexity index is 566. The highest BCUT2D eigenvalue weighted by molar-refractivity contribution is 8.23. The van der Waals surface area contributed by atoms with E-state index in [1.54, 1.807) is 18.7 Å². The predicted octanol–water partition coefficient (Wildman–Crippen LogP) is 1.76. The van der Waals surface area contributed by atoms with Crippen molar-refractivity contribution in [3.8, 4) is 0 Å².